The molecule has 78 valence electrons. The maximum atomic E-state index is 11.3. The third-order valence-electron chi connectivity index (χ3n) is 2.14. The number of primary amides is 1. The van der Waals surface area contributed by atoms with Gasteiger partial charge in [-0.2, -0.15) is 0 Å². The largest absolute Gasteiger partial charge is 0.370 e. The summed E-state index contributed by atoms with van der Waals surface area (Å²) in [5, 5.41) is 2.81. The Balaban J connectivity index is 2.36. The number of hydrogen-bond acceptors (Lipinski definition) is 4. The summed E-state index contributed by atoms with van der Waals surface area (Å²) in [4.78, 5) is 33.9. The molecule has 0 saturated carbocycles. The minimum absolute atomic E-state index is 0.161. The number of hydrogen-bond donors (Lipinski definition) is 2. The topological polar surface area (TPSA) is 92.5 Å². The molecule has 1 aliphatic heterocycles. The second-order valence-corrected chi connectivity index (χ2v) is 3.22. The zero-order valence-corrected chi connectivity index (χ0v) is 7.95. The monoisotopic (exact) mass is 199 g/mol. The molecule has 0 aromatic rings. The van der Waals surface area contributed by atoms with Crippen LogP contribution in [-0.4, -0.2) is 42.3 Å². The molecular weight excluding hydrogens is 186 g/mol. The second-order valence-electron chi connectivity index (χ2n) is 3.22. The highest BCUT2D eigenvalue weighted by molar-refractivity contribution is 6.05. The van der Waals surface area contributed by atoms with E-state index < -0.39 is 11.9 Å². The highest BCUT2D eigenvalue weighted by atomic mass is 16.2. The molecule has 1 aliphatic rings. The first-order valence-electron chi connectivity index (χ1n) is 4.34. The summed E-state index contributed by atoms with van der Waals surface area (Å²) < 4.78 is 0. The van der Waals surface area contributed by atoms with Gasteiger partial charge in [-0.3, -0.25) is 19.3 Å². The first-order chi connectivity index (χ1) is 6.52. The molecule has 1 saturated heterocycles. The first-order valence-corrected chi connectivity index (χ1v) is 4.34. The van der Waals surface area contributed by atoms with Gasteiger partial charge in [0.05, 0.1) is 12.5 Å². The molecule has 0 bridgehead atoms. The van der Waals surface area contributed by atoms with Crippen molar-refractivity contribution in [1.82, 2.24) is 10.2 Å². The molecule has 1 fully saturated rings. The molecule has 14 heavy (non-hydrogen) atoms. The van der Waals surface area contributed by atoms with Crippen molar-refractivity contribution in [2.75, 3.05) is 13.6 Å². The fraction of sp³-hybridized carbons (Fsp3) is 0.625. The van der Waals surface area contributed by atoms with E-state index in [1.807, 2.05) is 0 Å². The van der Waals surface area contributed by atoms with E-state index in [1.165, 1.54) is 7.05 Å². The Morgan fingerprint density at radius 1 is 1.64 bits per heavy atom. The van der Waals surface area contributed by atoms with E-state index in [4.69, 9.17) is 5.73 Å². The lowest BCUT2D eigenvalue weighted by molar-refractivity contribution is -0.137. The number of carbonyl (C=O) groups is 3. The zero-order chi connectivity index (χ0) is 10.7. The van der Waals surface area contributed by atoms with Gasteiger partial charge in [0.1, 0.15) is 0 Å². The molecule has 1 rings (SSSR count). The van der Waals surface area contributed by atoms with Crippen LogP contribution in [0.4, 0.5) is 0 Å². The smallest absolute Gasteiger partial charge is 0.246 e. The van der Waals surface area contributed by atoms with Crippen molar-refractivity contribution in [3.63, 3.8) is 0 Å². The second kappa shape index (κ2) is 4.19. The van der Waals surface area contributed by atoms with Gasteiger partial charge >= 0.3 is 0 Å². The molecule has 1 atom stereocenters. The van der Waals surface area contributed by atoms with Crippen LogP contribution in [0.1, 0.15) is 12.8 Å². The number of nitrogens with zero attached hydrogens (tertiary/aromatic N) is 1. The summed E-state index contributed by atoms with van der Waals surface area (Å²) in [5.74, 6) is -0.881. The number of nitrogens with one attached hydrogen (secondary N) is 1. The average Bonchev–Trinajstić information content (AvgIpc) is 2.33. The predicted molar refractivity (Wildman–Crippen MR) is 48.0 cm³/mol. The summed E-state index contributed by atoms with van der Waals surface area (Å²) in [6, 6.07) is -0.494. The Bertz CT molecular complexity index is 277. The Morgan fingerprint density at radius 2 is 2.29 bits per heavy atom. The normalized spacial score (nSPS) is 21.8. The van der Waals surface area contributed by atoms with E-state index in [2.05, 4.69) is 5.32 Å². The molecule has 1 heterocycles. The van der Waals surface area contributed by atoms with Crippen molar-refractivity contribution in [3.05, 3.63) is 0 Å². The molecule has 1 unspecified atom stereocenters. The van der Waals surface area contributed by atoms with Crippen molar-refractivity contribution < 1.29 is 14.4 Å². The summed E-state index contributed by atoms with van der Waals surface area (Å²) in [6.45, 7) is 0.326. The number of imide groups is 1. The maximum Gasteiger partial charge on any atom is 0.246 e. The number of carbonyl (C=O) groups excluding carboxylic acids is 3. The number of likely N-dealkylation sites (tertiary alicyclic amines) is 1. The molecule has 0 aliphatic carbocycles. The minimum Gasteiger partial charge on any atom is -0.370 e. The SMILES string of the molecule is CN1C(=O)CC(NCCC(N)=O)C1=O. The lowest BCUT2D eigenvalue weighted by atomic mass is 10.2. The minimum atomic E-state index is -0.494. The Kier molecular flexibility index (Phi) is 3.19. The van der Waals surface area contributed by atoms with Gasteiger partial charge in [-0.25, -0.2) is 0 Å². The number of nitrogens with two attached hydrogens (primary N) is 1. The third kappa shape index (κ3) is 2.29. The number of likely N-dealkylation sites (N-methyl/N-ethyl adjacent to an activating group) is 1. The van der Waals surface area contributed by atoms with Crippen LogP contribution in [0.3, 0.4) is 0 Å². The lowest BCUT2D eigenvalue weighted by Gasteiger charge is -2.09. The Hall–Kier alpha value is -1.43. The first kappa shape index (κ1) is 10.6. The van der Waals surface area contributed by atoms with Gasteiger partial charge in [-0.15, -0.1) is 0 Å². The summed E-state index contributed by atoms with van der Waals surface area (Å²) >= 11 is 0. The number of rotatable bonds is 4. The molecule has 6 heteroatoms. The van der Waals surface area contributed by atoms with Crippen LogP contribution in [0.25, 0.3) is 0 Å². The van der Waals surface area contributed by atoms with Crippen molar-refractivity contribution in [2.24, 2.45) is 5.73 Å². The van der Waals surface area contributed by atoms with Gasteiger partial charge in [0.15, 0.2) is 0 Å². The molecule has 0 spiro atoms. The van der Waals surface area contributed by atoms with Crippen LogP contribution < -0.4 is 11.1 Å². The van der Waals surface area contributed by atoms with Crippen LogP contribution in [0.5, 0.6) is 0 Å². The highest BCUT2D eigenvalue weighted by Gasteiger charge is 2.35. The molecular formula is C8H13N3O3. The molecule has 0 aromatic carbocycles. The summed E-state index contributed by atoms with van der Waals surface area (Å²) in [5.41, 5.74) is 4.93. The average molecular weight is 199 g/mol. The molecule has 6 nitrogen and oxygen atoms in total. The van der Waals surface area contributed by atoms with Crippen molar-refractivity contribution in [3.8, 4) is 0 Å². The van der Waals surface area contributed by atoms with E-state index >= 15 is 0 Å². The summed E-state index contributed by atoms with van der Waals surface area (Å²) in [7, 11) is 1.44. The van der Waals surface area contributed by atoms with Crippen LogP contribution in [0, 0.1) is 0 Å². The van der Waals surface area contributed by atoms with Gasteiger partial charge in [0.25, 0.3) is 0 Å². The van der Waals surface area contributed by atoms with Crippen molar-refractivity contribution in [2.45, 2.75) is 18.9 Å². The summed E-state index contributed by atoms with van der Waals surface area (Å²) in [6.07, 6.45) is 0.329. The third-order valence-corrected chi connectivity index (χ3v) is 2.14. The van der Waals surface area contributed by atoms with E-state index in [1.54, 1.807) is 0 Å². The standard InChI is InChI=1S/C8H13N3O3/c1-11-7(13)4-5(8(11)14)10-3-2-6(9)12/h5,10H,2-4H2,1H3,(H2,9,12). The van der Waals surface area contributed by atoms with E-state index in [0.29, 0.717) is 6.54 Å². The quantitative estimate of drug-likeness (QED) is 0.523. The van der Waals surface area contributed by atoms with E-state index in [9.17, 15) is 14.4 Å². The number of amides is 3. The van der Waals surface area contributed by atoms with Crippen molar-refractivity contribution in [1.29, 1.82) is 0 Å². The van der Waals surface area contributed by atoms with Crippen LogP contribution in [-0.2, 0) is 14.4 Å². The van der Waals surface area contributed by atoms with Gasteiger partial charge in [-0.1, -0.05) is 0 Å². The van der Waals surface area contributed by atoms with E-state index in [-0.39, 0.29) is 24.7 Å². The Morgan fingerprint density at radius 3 is 2.71 bits per heavy atom. The van der Waals surface area contributed by atoms with Crippen LogP contribution >= 0.6 is 0 Å². The Labute approximate surface area is 81.4 Å². The van der Waals surface area contributed by atoms with Gasteiger partial charge in [-0.05, 0) is 0 Å². The van der Waals surface area contributed by atoms with E-state index in [0.717, 1.165) is 4.90 Å². The molecule has 0 aromatic heterocycles. The highest BCUT2D eigenvalue weighted by Crippen LogP contribution is 2.09. The fourth-order valence-electron chi connectivity index (χ4n) is 1.28. The van der Waals surface area contributed by atoms with Crippen molar-refractivity contribution >= 4 is 17.7 Å². The zero-order valence-electron chi connectivity index (χ0n) is 7.95. The molecule has 3 N–H and O–H groups in total. The predicted octanol–water partition coefficient (Wildman–Crippen LogP) is -1.79. The lowest BCUT2D eigenvalue weighted by Crippen LogP contribution is -2.38. The fourth-order valence-corrected chi connectivity index (χ4v) is 1.28. The molecule has 0 radical (unpaired) electrons. The van der Waals surface area contributed by atoms with Gasteiger partial charge < -0.3 is 11.1 Å². The van der Waals surface area contributed by atoms with Crippen LogP contribution in [0.15, 0.2) is 0 Å². The van der Waals surface area contributed by atoms with Crippen LogP contribution in [0.2, 0.25) is 0 Å². The van der Waals surface area contributed by atoms with Gasteiger partial charge in [0.2, 0.25) is 17.7 Å². The maximum absolute atomic E-state index is 11.3. The molecule has 3 amide bonds. The van der Waals surface area contributed by atoms with Gasteiger partial charge in [0, 0.05) is 20.0 Å².